The number of aromatic nitrogens is 6. The van der Waals surface area contributed by atoms with E-state index in [0.29, 0.717) is 11.8 Å². The highest BCUT2D eigenvalue weighted by Crippen LogP contribution is 2.35. The molecule has 0 aliphatic heterocycles. The Balaban J connectivity index is 1.46. The summed E-state index contributed by atoms with van der Waals surface area (Å²) >= 11 is 0. The predicted molar refractivity (Wildman–Crippen MR) is 109 cm³/mol. The van der Waals surface area contributed by atoms with Crippen molar-refractivity contribution in [3.8, 4) is 0 Å². The second kappa shape index (κ2) is 6.63. The van der Waals surface area contributed by atoms with Gasteiger partial charge < -0.3 is 15.6 Å². The molecule has 0 spiro atoms. The molecular formula is C20H22N8. The monoisotopic (exact) mass is 374 g/mol. The van der Waals surface area contributed by atoms with Crippen molar-refractivity contribution in [2.45, 2.75) is 38.8 Å². The van der Waals surface area contributed by atoms with Crippen molar-refractivity contribution in [1.29, 1.82) is 0 Å². The Kier molecular flexibility index (Phi) is 3.96. The van der Waals surface area contributed by atoms with E-state index >= 15 is 0 Å². The molecule has 1 aromatic carbocycles. The Bertz CT molecular complexity index is 1130. The fraction of sp³-hybridized carbons (Fsp3) is 0.300. The van der Waals surface area contributed by atoms with Crippen LogP contribution in [0, 0.1) is 0 Å². The number of nitrogens with one attached hydrogen (secondary N) is 3. The van der Waals surface area contributed by atoms with E-state index in [9.17, 15) is 0 Å². The number of benzene rings is 1. The number of anilines is 3. The van der Waals surface area contributed by atoms with Crippen LogP contribution in [0.25, 0.3) is 11.0 Å². The predicted octanol–water partition coefficient (Wildman–Crippen LogP) is 3.97. The largest absolute Gasteiger partial charge is 0.363 e. The molecule has 0 fully saturated rings. The number of nitrogens with zero attached hydrogens (tertiary/aromatic N) is 5. The second-order valence-electron chi connectivity index (χ2n) is 7.37. The van der Waals surface area contributed by atoms with E-state index in [2.05, 4.69) is 69.0 Å². The van der Waals surface area contributed by atoms with Gasteiger partial charge in [0.15, 0.2) is 5.82 Å². The highest BCUT2D eigenvalue weighted by Gasteiger charge is 2.23. The molecule has 1 aliphatic carbocycles. The van der Waals surface area contributed by atoms with E-state index in [1.54, 1.807) is 4.68 Å². The van der Waals surface area contributed by atoms with Crippen molar-refractivity contribution in [3.05, 3.63) is 53.9 Å². The first-order valence-electron chi connectivity index (χ1n) is 9.55. The first-order chi connectivity index (χ1) is 13.7. The molecular weight excluding hydrogens is 352 g/mol. The third-order valence-electron chi connectivity index (χ3n) is 5.14. The summed E-state index contributed by atoms with van der Waals surface area (Å²) in [5.41, 5.74) is 3.53. The zero-order chi connectivity index (χ0) is 19.1. The van der Waals surface area contributed by atoms with Crippen LogP contribution in [0.15, 0.2) is 42.7 Å². The molecule has 0 radical (unpaired) electrons. The zero-order valence-corrected chi connectivity index (χ0v) is 15.8. The van der Waals surface area contributed by atoms with Crippen molar-refractivity contribution in [1.82, 2.24) is 29.9 Å². The molecule has 1 aliphatic rings. The minimum absolute atomic E-state index is 0.245. The van der Waals surface area contributed by atoms with E-state index in [-0.39, 0.29) is 12.1 Å². The van der Waals surface area contributed by atoms with Crippen LogP contribution in [0.2, 0.25) is 0 Å². The van der Waals surface area contributed by atoms with Gasteiger partial charge in [0.05, 0.1) is 17.6 Å². The Morgan fingerprint density at radius 1 is 1.18 bits per heavy atom. The molecule has 8 nitrogen and oxygen atoms in total. The number of aromatic amines is 1. The first-order valence-corrected chi connectivity index (χ1v) is 9.55. The van der Waals surface area contributed by atoms with Gasteiger partial charge in [-0.15, -0.1) is 5.10 Å². The van der Waals surface area contributed by atoms with Gasteiger partial charge in [-0.2, -0.15) is 9.97 Å². The summed E-state index contributed by atoms with van der Waals surface area (Å²) < 4.78 is 1.80. The second-order valence-corrected chi connectivity index (χ2v) is 7.37. The van der Waals surface area contributed by atoms with Crippen molar-refractivity contribution in [2.75, 3.05) is 10.6 Å². The summed E-state index contributed by atoms with van der Waals surface area (Å²) in [4.78, 5) is 12.5. The molecule has 3 N–H and O–H groups in total. The van der Waals surface area contributed by atoms with Gasteiger partial charge in [-0.25, -0.2) is 4.68 Å². The summed E-state index contributed by atoms with van der Waals surface area (Å²) in [7, 11) is 0. The molecule has 0 saturated heterocycles. The van der Waals surface area contributed by atoms with E-state index in [1.807, 2.05) is 18.5 Å². The molecule has 28 heavy (non-hydrogen) atoms. The normalized spacial score (nSPS) is 15.9. The number of hydrogen-bond acceptors (Lipinski definition) is 6. The molecule has 3 aromatic heterocycles. The standard InChI is InChI=1S/C20H22N8/c1-12(2)28-11-17(26-27-28)23-20-24-18-15(9-10-21-18)19(25-20)22-16-8-7-13-5-3-4-6-14(13)16/h3-6,9-12,16H,7-8H2,1-2H3,(H3,21,22,23,24,25)/t16-/m0/s1. The lowest BCUT2D eigenvalue weighted by atomic mass is 10.1. The number of H-pyrrole nitrogens is 1. The third kappa shape index (κ3) is 2.96. The van der Waals surface area contributed by atoms with Crippen molar-refractivity contribution in [3.63, 3.8) is 0 Å². The Morgan fingerprint density at radius 2 is 2.07 bits per heavy atom. The average Bonchev–Trinajstić information content (AvgIpc) is 3.42. The van der Waals surface area contributed by atoms with Crippen LogP contribution >= 0.6 is 0 Å². The summed E-state index contributed by atoms with van der Waals surface area (Å²) in [6, 6.07) is 11.1. The smallest absolute Gasteiger partial charge is 0.232 e. The third-order valence-corrected chi connectivity index (χ3v) is 5.14. The number of fused-ring (bicyclic) bond motifs is 2. The van der Waals surface area contributed by atoms with Crippen LogP contribution in [0.3, 0.4) is 0 Å². The van der Waals surface area contributed by atoms with E-state index in [4.69, 9.17) is 4.98 Å². The van der Waals surface area contributed by atoms with Gasteiger partial charge in [0.2, 0.25) is 5.95 Å². The molecule has 1 atom stereocenters. The van der Waals surface area contributed by atoms with Gasteiger partial charge in [0.1, 0.15) is 11.5 Å². The number of aryl methyl sites for hydroxylation is 1. The van der Waals surface area contributed by atoms with Crippen LogP contribution in [-0.2, 0) is 6.42 Å². The topological polar surface area (TPSA) is 96.3 Å². The quantitative estimate of drug-likeness (QED) is 0.489. The molecule has 5 rings (SSSR count). The van der Waals surface area contributed by atoms with Gasteiger partial charge in [0, 0.05) is 12.2 Å². The maximum atomic E-state index is 4.73. The van der Waals surface area contributed by atoms with Gasteiger partial charge in [-0.05, 0) is 43.9 Å². The van der Waals surface area contributed by atoms with Crippen LogP contribution in [0.4, 0.5) is 17.6 Å². The van der Waals surface area contributed by atoms with Crippen LogP contribution in [0.1, 0.15) is 43.5 Å². The summed E-state index contributed by atoms with van der Waals surface area (Å²) in [5, 5.41) is 16.0. The fourth-order valence-corrected chi connectivity index (χ4v) is 3.68. The highest BCUT2D eigenvalue weighted by molar-refractivity contribution is 5.88. The highest BCUT2D eigenvalue weighted by atomic mass is 15.5. The lowest BCUT2D eigenvalue weighted by Gasteiger charge is -2.16. The van der Waals surface area contributed by atoms with Crippen molar-refractivity contribution >= 4 is 28.6 Å². The molecule has 3 heterocycles. The molecule has 0 bridgehead atoms. The summed E-state index contributed by atoms with van der Waals surface area (Å²) in [5.74, 6) is 1.92. The van der Waals surface area contributed by atoms with Crippen molar-refractivity contribution in [2.24, 2.45) is 0 Å². The van der Waals surface area contributed by atoms with E-state index in [1.165, 1.54) is 11.1 Å². The maximum Gasteiger partial charge on any atom is 0.232 e. The number of hydrogen-bond donors (Lipinski definition) is 3. The molecule has 4 aromatic rings. The van der Waals surface area contributed by atoms with Gasteiger partial charge in [0.25, 0.3) is 0 Å². The summed E-state index contributed by atoms with van der Waals surface area (Å²) in [6.45, 7) is 4.11. The molecule has 0 unspecified atom stereocenters. The van der Waals surface area contributed by atoms with Gasteiger partial charge >= 0.3 is 0 Å². The van der Waals surface area contributed by atoms with E-state index in [0.717, 1.165) is 29.7 Å². The van der Waals surface area contributed by atoms with Crippen LogP contribution in [-0.4, -0.2) is 29.9 Å². The molecule has 8 heteroatoms. The number of rotatable bonds is 5. The Hall–Kier alpha value is -3.42. The lowest BCUT2D eigenvalue weighted by molar-refractivity contribution is 0.514. The van der Waals surface area contributed by atoms with Gasteiger partial charge in [-0.1, -0.05) is 29.5 Å². The molecule has 0 amide bonds. The fourth-order valence-electron chi connectivity index (χ4n) is 3.68. The first kappa shape index (κ1) is 16.7. The van der Waals surface area contributed by atoms with Crippen molar-refractivity contribution < 1.29 is 0 Å². The average molecular weight is 374 g/mol. The minimum Gasteiger partial charge on any atom is -0.363 e. The molecule has 142 valence electrons. The Morgan fingerprint density at radius 3 is 2.93 bits per heavy atom. The zero-order valence-electron chi connectivity index (χ0n) is 15.8. The lowest BCUT2D eigenvalue weighted by Crippen LogP contribution is -2.10. The maximum absolute atomic E-state index is 4.73. The van der Waals surface area contributed by atoms with Crippen LogP contribution in [0.5, 0.6) is 0 Å². The Labute approximate surface area is 162 Å². The van der Waals surface area contributed by atoms with Gasteiger partial charge in [-0.3, -0.25) is 0 Å². The van der Waals surface area contributed by atoms with Crippen LogP contribution < -0.4 is 10.6 Å². The summed E-state index contributed by atoms with van der Waals surface area (Å²) in [6.07, 6.45) is 5.87. The SMILES string of the molecule is CC(C)n1cc(Nc2nc(N[C@H]3CCc4ccccc43)c3cc[nH]c3n2)nn1. The molecule has 0 saturated carbocycles. The minimum atomic E-state index is 0.245. The van der Waals surface area contributed by atoms with E-state index < -0.39 is 0 Å².